The van der Waals surface area contributed by atoms with Gasteiger partial charge in [0.25, 0.3) is 15.9 Å². The Morgan fingerprint density at radius 2 is 1.70 bits per heavy atom. The zero-order chi connectivity index (χ0) is 45.8. The number of halogens is 4. The Balaban J connectivity index is 1.13. The first-order valence-corrected chi connectivity index (χ1v) is 23.4. The van der Waals surface area contributed by atoms with Gasteiger partial charge in [-0.1, -0.05) is 56.0 Å². The van der Waals surface area contributed by atoms with Crippen molar-refractivity contribution in [3.8, 4) is 0 Å². The summed E-state index contributed by atoms with van der Waals surface area (Å²) in [4.78, 5) is 74.1. The summed E-state index contributed by atoms with van der Waals surface area (Å²) in [5, 5.41) is 8.72. The van der Waals surface area contributed by atoms with Crippen molar-refractivity contribution in [3.05, 3.63) is 72.1 Å². The third-order valence-electron chi connectivity index (χ3n) is 13.0. The molecule has 0 radical (unpaired) electrons. The fourth-order valence-electron chi connectivity index (χ4n) is 9.36. The Morgan fingerprint density at radius 1 is 0.969 bits per heavy atom. The Labute approximate surface area is 369 Å². The van der Waals surface area contributed by atoms with Gasteiger partial charge < -0.3 is 25.6 Å². The molecule has 1 saturated carbocycles. The molecule has 7 rings (SSSR count). The van der Waals surface area contributed by atoms with Crippen molar-refractivity contribution in [1.82, 2.24) is 30.1 Å². The number of carbonyl (C=O) groups excluding carboxylic acids is 5. The van der Waals surface area contributed by atoms with Crippen LogP contribution < -0.4 is 20.7 Å². The van der Waals surface area contributed by atoms with E-state index in [4.69, 9.17) is 4.74 Å². The molecule has 4 heterocycles. The molecule has 0 unspecified atom stereocenters. The molecule has 64 heavy (non-hydrogen) atoms. The maximum absolute atomic E-state index is 14.7. The van der Waals surface area contributed by atoms with Gasteiger partial charge in [-0.05, 0) is 74.9 Å². The van der Waals surface area contributed by atoms with Crippen molar-refractivity contribution in [2.75, 3.05) is 38.0 Å². The second-order valence-electron chi connectivity index (χ2n) is 17.6. The molecule has 4 N–H and O–H groups in total. The van der Waals surface area contributed by atoms with Gasteiger partial charge >= 0.3 is 12.3 Å². The zero-order valence-electron chi connectivity index (χ0n) is 35.5. The topological polar surface area (TPSA) is 187 Å². The summed E-state index contributed by atoms with van der Waals surface area (Å²) >= 11 is 0. The number of hydrogen-bond donors (Lipinski definition) is 4. The predicted molar refractivity (Wildman–Crippen MR) is 225 cm³/mol. The summed E-state index contributed by atoms with van der Waals surface area (Å²) in [6.45, 7) is 3.25. The second kappa shape index (κ2) is 19.5. The molecule has 3 fully saturated rings. The number of likely N-dealkylation sites (tertiary alicyclic amines) is 1. The molecule has 4 aliphatic heterocycles. The first-order chi connectivity index (χ1) is 30.5. The molecule has 348 valence electrons. The molecular formula is C44H55F4N7O8S. The molecule has 1 aliphatic carbocycles. The van der Waals surface area contributed by atoms with Crippen LogP contribution in [0.25, 0.3) is 0 Å². The Morgan fingerprint density at radius 3 is 2.42 bits per heavy atom. The van der Waals surface area contributed by atoms with Gasteiger partial charge in [-0.25, -0.2) is 22.3 Å². The van der Waals surface area contributed by atoms with Gasteiger partial charge in [0.15, 0.2) is 0 Å². The first kappa shape index (κ1) is 46.7. The average molecular weight is 918 g/mol. The van der Waals surface area contributed by atoms with E-state index in [1.807, 2.05) is 0 Å². The van der Waals surface area contributed by atoms with E-state index in [1.165, 1.54) is 45.0 Å². The fraction of sp³-hybridized carbons (Fsp3) is 0.568. The van der Waals surface area contributed by atoms with Crippen molar-refractivity contribution in [3.63, 3.8) is 0 Å². The van der Waals surface area contributed by atoms with E-state index in [0.717, 1.165) is 12.8 Å². The summed E-state index contributed by atoms with van der Waals surface area (Å²) < 4.78 is 89.1. The second-order valence-corrected chi connectivity index (χ2v) is 19.2. The number of benzene rings is 2. The fourth-order valence-corrected chi connectivity index (χ4v) is 10.6. The van der Waals surface area contributed by atoms with E-state index < -0.39 is 87.9 Å². The van der Waals surface area contributed by atoms with Crippen molar-refractivity contribution >= 4 is 45.4 Å². The third kappa shape index (κ3) is 11.0. The first-order valence-electron chi connectivity index (χ1n) is 21.9. The molecule has 20 heteroatoms. The lowest BCUT2D eigenvalue weighted by Crippen LogP contribution is -2.58. The van der Waals surface area contributed by atoms with Crippen molar-refractivity contribution in [2.24, 2.45) is 11.8 Å². The minimum absolute atomic E-state index is 0.00244. The number of piperidine rings is 1. The molecule has 5 aliphatic rings. The average Bonchev–Trinajstić information content (AvgIpc) is 3.52. The SMILES string of the molecule is C=C[C@@H]1C[C@@]12NC(=O)[C@@H]1C[C@@H](OC(=O)N3Cc4cccc(F)c4C3)CN1C(=O)[C@@H](NC(=O)CC1CCN(CC(F)(F)F)CC1)CCCCCCCNc1ccccc1S(=O)(=O)NC2=O. The zero-order valence-corrected chi connectivity index (χ0v) is 36.3. The smallest absolute Gasteiger partial charge is 0.410 e. The molecule has 1 spiro atoms. The maximum Gasteiger partial charge on any atom is 0.410 e. The summed E-state index contributed by atoms with van der Waals surface area (Å²) in [6, 6.07) is 8.19. The molecule has 2 aromatic rings. The molecule has 5 atom stereocenters. The minimum Gasteiger partial charge on any atom is -0.444 e. The maximum atomic E-state index is 14.7. The molecule has 2 saturated heterocycles. The van der Waals surface area contributed by atoms with Gasteiger partial charge in [0.2, 0.25) is 17.7 Å². The van der Waals surface area contributed by atoms with Crippen molar-refractivity contribution in [2.45, 2.75) is 119 Å². The Hall–Kier alpha value is -5.24. The van der Waals surface area contributed by atoms with Gasteiger partial charge in [0.1, 0.15) is 34.4 Å². The summed E-state index contributed by atoms with van der Waals surface area (Å²) in [5.74, 6) is -4.32. The number of sulfonamides is 1. The van der Waals surface area contributed by atoms with E-state index in [2.05, 4.69) is 27.3 Å². The minimum atomic E-state index is -4.46. The van der Waals surface area contributed by atoms with E-state index in [1.54, 1.807) is 18.2 Å². The highest BCUT2D eigenvalue weighted by Gasteiger charge is 2.61. The number of fused-ring (bicyclic) bond motifs is 3. The van der Waals surface area contributed by atoms with Crippen LogP contribution >= 0.6 is 0 Å². The highest BCUT2D eigenvalue weighted by molar-refractivity contribution is 7.90. The molecule has 2 aromatic carbocycles. The monoisotopic (exact) mass is 917 g/mol. The molecule has 5 amide bonds. The van der Waals surface area contributed by atoms with Gasteiger partial charge in [-0.3, -0.25) is 29.0 Å². The highest BCUT2D eigenvalue weighted by Crippen LogP contribution is 2.45. The van der Waals surface area contributed by atoms with E-state index in [0.29, 0.717) is 55.5 Å². The molecular weight excluding hydrogens is 863 g/mol. The van der Waals surface area contributed by atoms with Crippen LogP contribution in [0.4, 0.5) is 28.0 Å². The van der Waals surface area contributed by atoms with Crippen LogP contribution in [0.2, 0.25) is 0 Å². The van der Waals surface area contributed by atoms with Crippen LogP contribution in [0.3, 0.4) is 0 Å². The lowest BCUT2D eigenvalue weighted by molar-refractivity contribution is -0.149. The molecule has 0 bridgehead atoms. The standard InChI is InChI=1S/C44H55F4N7O8S/c1-2-30-23-43(30)41(59)52-64(61,62)37-15-8-7-13-34(37)49-18-9-5-3-4-6-14-35(50-38(56)21-28-16-19-53(20-17-28)27-44(46,47)48)40(58)55-25-31(22-36(55)39(57)51-43)63-42(60)54-24-29-11-10-12-33(45)32(29)26-54/h2,7-8,10-13,15,28,30-31,35-36,49H,1,3-6,9,14,16-27H2,(H,50,56)(H,51,57)(H,52,59)/t30-,31-,35+,36+,43-/m1/s1. The molecule has 15 nitrogen and oxygen atoms in total. The summed E-state index contributed by atoms with van der Waals surface area (Å²) in [5.41, 5.74) is -0.511. The summed E-state index contributed by atoms with van der Waals surface area (Å²) in [6.07, 6.45) is -0.761. The van der Waals surface area contributed by atoms with Gasteiger partial charge in [0, 0.05) is 37.4 Å². The number of hydrogen-bond acceptors (Lipinski definition) is 10. The number of anilines is 1. The van der Waals surface area contributed by atoms with Crippen molar-refractivity contribution in [1.29, 1.82) is 0 Å². The van der Waals surface area contributed by atoms with E-state index >= 15 is 0 Å². The number of alkyl halides is 3. The number of nitrogens with one attached hydrogen (secondary N) is 4. The van der Waals surface area contributed by atoms with Gasteiger partial charge in [0.05, 0.1) is 25.3 Å². The Bertz CT molecular complexity index is 2220. The van der Waals surface area contributed by atoms with E-state index in [-0.39, 0.29) is 69.2 Å². The van der Waals surface area contributed by atoms with Crippen LogP contribution in [-0.4, -0.2) is 115 Å². The predicted octanol–water partition coefficient (Wildman–Crippen LogP) is 4.73. The van der Waals surface area contributed by atoms with Gasteiger partial charge in [-0.2, -0.15) is 13.2 Å². The highest BCUT2D eigenvalue weighted by atomic mass is 32.2. The number of ether oxygens (including phenoxy) is 1. The van der Waals surface area contributed by atoms with Crippen LogP contribution in [0, 0.1) is 17.7 Å². The largest absolute Gasteiger partial charge is 0.444 e. The number of rotatable bonds is 6. The third-order valence-corrected chi connectivity index (χ3v) is 14.3. The lowest BCUT2D eigenvalue weighted by Gasteiger charge is -2.33. The lowest BCUT2D eigenvalue weighted by atomic mass is 9.93. The van der Waals surface area contributed by atoms with E-state index in [9.17, 15) is 50.0 Å². The summed E-state index contributed by atoms with van der Waals surface area (Å²) in [7, 11) is -4.46. The molecule has 0 aromatic heterocycles. The number of nitrogens with zero attached hydrogens (tertiary/aromatic N) is 3. The van der Waals surface area contributed by atoms with Crippen LogP contribution in [0.15, 0.2) is 60.0 Å². The van der Waals surface area contributed by atoms with Crippen LogP contribution in [-0.2, 0) is 47.0 Å². The van der Waals surface area contributed by atoms with Gasteiger partial charge in [-0.15, -0.1) is 6.58 Å². The quantitative estimate of drug-likeness (QED) is 0.233. The van der Waals surface area contributed by atoms with Crippen molar-refractivity contribution < 1.29 is 54.7 Å². The number of carbonyl (C=O) groups is 5. The number of amides is 5. The normalized spacial score (nSPS) is 27.3. The Kier molecular flexibility index (Phi) is 14.2. The van der Waals surface area contributed by atoms with Crippen LogP contribution in [0.1, 0.15) is 81.8 Å². The van der Waals surface area contributed by atoms with Crippen LogP contribution in [0.5, 0.6) is 0 Å². The number of para-hydroxylation sites is 1.